The van der Waals surface area contributed by atoms with Crippen LogP contribution in [0.5, 0.6) is 0 Å². The first-order chi connectivity index (χ1) is 13.2. The van der Waals surface area contributed by atoms with Crippen LogP contribution in [-0.4, -0.2) is 62.1 Å². The number of fused-ring (bicyclic) bond motifs is 4. The summed E-state index contributed by atoms with van der Waals surface area (Å²) in [6.45, 7) is 2.85. The van der Waals surface area contributed by atoms with Crippen molar-refractivity contribution in [2.45, 2.75) is 38.3 Å². The van der Waals surface area contributed by atoms with Gasteiger partial charge in [-0.2, -0.15) is 5.10 Å². The molecule has 142 valence electrons. The van der Waals surface area contributed by atoms with Gasteiger partial charge in [-0.15, -0.1) is 0 Å². The van der Waals surface area contributed by atoms with Crippen molar-refractivity contribution in [2.24, 2.45) is 5.92 Å². The predicted octanol–water partition coefficient (Wildman–Crippen LogP) is 1.82. The van der Waals surface area contributed by atoms with E-state index in [-0.39, 0.29) is 17.9 Å². The second kappa shape index (κ2) is 7.90. The van der Waals surface area contributed by atoms with E-state index >= 15 is 0 Å². The molecule has 3 aliphatic heterocycles. The van der Waals surface area contributed by atoms with E-state index in [1.54, 1.807) is 11.0 Å². The highest BCUT2D eigenvalue weighted by molar-refractivity contribution is 5.94. The smallest absolute Gasteiger partial charge is 0.253 e. The highest BCUT2D eigenvalue weighted by Crippen LogP contribution is 2.29. The molecule has 0 unspecified atom stereocenters. The largest absolute Gasteiger partial charge is 0.338 e. The van der Waals surface area contributed by atoms with Crippen LogP contribution < -0.4 is 0 Å². The normalized spacial score (nSPS) is 21.9. The number of rotatable bonds is 5. The number of aromatic nitrogens is 3. The molecule has 0 saturated carbocycles. The third kappa shape index (κ3) is 4.02. The van der Waals surface area contributed by atoms with Gasteiger partial charge in [-0.05, 0) is 37.3 Å². The second-order valence-electron chi connectivity index (χ2n) is 7.48. The van der Waals surface area contributed by atoms with Gasteiger partial charge < -0.3 is 9.80 Å². The van der Waals surface area contributed by atoms with Gasteiger partial charge in [0.15, 0.2) is 0 Å². The van der Waals surface area contributed by atoms with Gasteiger partial charge in [0.05, 0.1) is 0 Å². The number of hydrogen-bond donors (Lipinski definition) is 0. The van der Waals surface area contributed by atoms with Crippen LogP contribution in [0.3, 0.4) is 0 Å². The number of piperidine rings is 1. The maximum atomic E-state index is 12.9. The van der Waals surface area contributed by atoms with Crippen molar-refractivity contribution in [3.8, 4) is 0 Å². The molecule has 3 saturated heterocycles. The number of carbonyl (C=O) groups excluding carboxylic acids is 2. The van der Waals surface area contributed by atoms with Gasteiger partial charge in [-0.25, -0.2) is 4.98 Å². The van der Waals surface area contributed by atoms with E-state index in [9.17, 15) is 9.59 Å². The molecular weight excluding hydrogens is 342 g/mol. The summed E-state index contributed by atoms with van der Waals surface area (Å²) in [7, 11) is 0. The Morgan fingerprint density at radius 1 is 1.07 bits per heavy atom. The minimum Gasteiger partial charge on any atom is -0.338 e. The third-order valence-electron chi connectivity index (χ3n) is 5.59. The molecule has 2 atom stereocenters. The Morgan fingerprint density at radius 2 is 1.93 bits per heavy atom. The number of nitrogens with zero attached hydrogens (tertiary/aromatic N) is 5. The van der Waals surface area contributed by atoms with Crippen molar-refractivity contribution in [3.63, 3.8) is 0 Å². The van der Waals surface area contributed by atoms with E-state index in [1.165, 1.54) is 6.33 Å². The molecule has 5 rings (SSSR count). The van der Waals surface area contributed by atoms with Crippen molar-refractivity contribution in [1.82, 2.24) is 24.6 Å². The summed E-state index contributed by atoms with van der Waals surface area (Å²) in [6.07, 6.45) is 6.52. The van der Waals surface area contributed by atoms with Crippen LogP contribution in [-0.2, 0) is 11.3 Å². The summed E-state index contributed by atoms with van der Waals surface area (Å²) in [5.74, 6) is 0.641. The Labute approximate surface area is 159 Å². The zero-order valence-corrected chi connectivity index (χ0v) is 15.4. The molecule has 4 heterocycles. The molecule has 2 bridgehead atoms. The van der Waals surface area contributed by atoms with Crippen LogP contribution in [0.4, 0.5) is 0 Å². The molecule has 7 heteroatoms. The summed E-state index contributed by atoms with van der Waals surface area (Å²) < 4.78 is 1.75. The topological polar surface area (TPSA) is 71.3 Å². The number of carbonyl (C=O) groups is 2. The first-order valence-corrected chi connectivity index (χ1v) is 9.67. The van der Waals surface area contributed by atoms with Gasteiger partial charge >= 0.3 is 0 Å². The summed E-state index contributed by atoms with van der Waals surface area (Å²) in [6, 6.07) is 9.57. The molecule has 0 aliphatic carbocycles. The lowest BCUT2D eigenvalue weighted by molar-refractivity contribution is -0.135. The van der Waals surface area contributed by atoms with Crippen LogP contribution in [0.15, 0.2) is 43.0 Å². The first-order valence-electron chi connectivity index (χ1n) is 9.67. The maximum Gasteiger partial charge on any atom is 0.253 e. The fourth-order valence-corrected chi connectivity index (χ4v) is 4.20. The minimum atomic E-state index is 0.0768. The Bertz CT molecular complexity index is 777. The van der Waals surface area contributed by atoms with Gasteiger partial charge in [-0.3, -0.25) is 14.3 Å². The van der Waals surface area contributed by atoms with E-state index in [2.05, 4.69) is 10.1 Å². The summed E-state index contributed by atoms with van der Waals surface area (Å²) in [5.41, 5.74) is 0.726. The highest BCUT2D eigenvalue weighted by Gasteiger charge is 2.38. The lowest BCUT2D eigenvalue weighted by Gasteiger charge is -2.36. The van der Waals surface area contributed by atoms with Crippen LogP contribution in [0.25, 0.3) is 0 Å². The zero-order valence-electron chi connectivity index (χ0n) is 15.4. The first kappa shape index (κ1) is 17.7. The fraction of sp³-hybridized carbons (Fsp3) is 0.500. The molecule has 2 amide bonds. The van der Waals surface area contributed by atoms with E-state index in [1.807, 2.05) is 40.1 Å². The van der Waals surface area contributed by atoms with Crippen molar-refractivity contribution < 1.29 is 9.59 Å². The molecule has 7 nitrogen and oxygen atoms in total. The van der Waals surface area contributed by atoms with Crippen molar-refractivity contribution in [2.75, 3.05) is 19.6 Å². The molecule has 0 radical (unpaired) electrons. The fourth-order valence-electron chi connectivity index (χ4n) is 4.20. The van der Waals surface area contributed by atoms with Gasteiger partial charge in [0.25, 0.3) is 5.91 Å². The molecule has 1 aromatic carbocycles. The number of benzene rings is 1. The van der Waals surface area contributed by atoms with E-state index in [4.69, 9.17) is 0 Å². The highest BCUT2D eigenvalue weighted by atomic mass is 16.2. The maximum absolute atomic E-state index is 12.9. The second-order valence-corrected chi connectivity index (χ2v) is 7.48. The molecular formula is C20H25N5O2. The Morgan fingerprint density at radius 3 is 2.70 bits per heavy atom. The van der Waals surface area contributed by atoms with E-state index in [0.29, 0.717) is 25.4 Å². The molecule has 1 aromatic heterocycles. The molecule has 3 aliphatic rings. The quantitative estimate of drug-likeness (QED) is 0.808. The predicted molar refractivity (Wildman–Crippen MR) is 99.8 cm³/mol. The van der Waals surface area contributed by atoms with Gasteiger partial charge in [-0.1, -0.05) is 18.2 Å². The summed E-state index contributed by atoms with van der Waals surface area (Å²) >= 11 is 0. The van der Waals surface area contributed by atoms with E-state index in [0.717, 1.165) is 37.9 Å². The number of hydrogen-bond acceptors (Lipinski definition) is 4. The molecule has 0 N–H and O–H groups in total. The van der Waals surface area contributed by atoms with Gasteiger partial charge in [0.2, 0.25) is 5.91 Å². The van der Waals surface area contributed by atoms with Crippen molar-refractivity contribution in [3.05, 3.63) is 48.5 Å². The molecule has 0 spiro atoms. The molecule has 27 heavy (non-hydrogen) atoms. The SMILES string of the molecule is O=C(c1ccccc1)N1C[C@@H]2CC[C@H](C1)N(C(=O)CCCn1cncn1)C2. The Kier molecular flexibility index (Phi) is 5.18. The number of aryl methyl sites for hydroxylation is 1. The van der Waals surface area contributed by atoms with E-state index < -0.39 is 0 Å². The van der Waals surface area contributed by atoms with Crippen molar-refractivity contribution >= 4 is 11.8 Å². The third-order valence-corrected chi connectivity index (χ3v) is 5.59. The van der Waals surface area contributed by atoms with Gasteiger partial charge in [0, 0.05) is 44.2 Å². The summed E-state index contributed by atoms with van der Waals surface area (Å²) in [4.78, 5) is 33.5. The van der Waals surface area contributed by atoms with Crippen LogP contribution >= 0.6 is 0 Å². The summed E-state index contributed by atoms with van der Waals surface area (Å²) in [5, 5.41) is 4.07. The average Bonchev–Trinajstić information content (AvgIpc) is 3.05. The van der Waals surface area contributed by atoms with Crippen LogP contribution in [0, 0.1) is 5.92 Å². The number of amides is 2. The molecule has 3 fully saturated rings. The van der Waals surface area contributed by atoms with Crippen LogP contribution in [0.2, 0.25) is 0 Å². The molecule has 2 aromatic rings. The average molecular weight is 367 g/mol. The minimum absolute atomic E-state index is 0.0768. The lowest BCUT2D eigenvalue weighted by atomic mass is 9.94. The monoisotopic (exact) mass is 367 g/mol. The Balaban J connectivity index is 1.37. The zero-order chi connectivity index (χ0) is 18.6. The van der Waals surface area contributed by atoms with Crippen molar-refractivity contribution in [1.29, 1.82) is 0 Å². The van der Waals surface area contributed by atoms with Crippen LogP contribution in [0.1, 0.15) is 36.0 Å². The lowest BCUT2D eigenvalue weighted by Crippen LogP contribution is -2.47. The standard InChI is InChI=1S/C20H25N5O2/c26-19(7-4-10-24-15-21-14-22-24)25-12-16-8-9-18(25)13-23(11-16)20(27)17-5-2-1-3-6-17/h1-3,5-6,14-16,18H,4,7-13H2/t16-,18+/m0/s1. The van der Waals surface area contributed by atoms with Gasteiger partial charge in [0.1, 0.15) is 12.7 Å². The Hall–Kier alpha value is -2.70.